The van der Waals surface area contributed by atoms with Crippen LogP contribution in [0.15, 0.2) is 12.4 Å². The van der Waals surface area contributed by atoms with Crippen LogP contribution in [0.3, 0.4) is 0 Å². The monoisotopic (exact) mass is 192 g/mol. The van der Waals surface area contributed by atoms with Crippen LogP contribution >= 0.6 is 0 Å². The van der Waals surface area contributed by atoms with Crippen LogP contribution in [0.4, 0.5) is 0 Å². The van der Waals surface area contributed by atoms with Crippen molar-refractivity contribution in [2.45, 2.75) is 26.9 Å². The fourth-order valence-corrected chi connectivity index (χ4v) is 1.20. The third-order valence-corrected chi connectivity index (χ3v) is 1.88. The Kier molecular flexibility index (Phi) is 4.14. The maximum atomic E-state index is 8.56. The number of nitrogens with zero attached hydrogens (tertiary/aromatic N) is 3. The number of aromatic nitrogens is 2. The number of hydrogen-bond donors (Lipinski definition) is 1. The molecule has 1 rings (SSSR count). The Hall–Kier alpha value is -1.34. The van der Waals surface area contributed by atoms with Gasteiger partial charge < -0.3 is 9.88 Å². The highest BCUT2D eigenvalue weighted by molar-refractivity contribution is 4.94. The van der Waals surface area contributed by atoms with Gasteiger partial charge in [-0.25, -0.2) is 4.98 Å². The van der Waals surface area contributed by atoms with Crippen LogP contribution in [0, 0.1) is 17.2 Å². The minimum atomic E-state index is 0.374. The van der Waals surface area contributed by atoms with E-state index >= 15 is 0 Å². The molecule has 0 aliphatic heterocycles. The SMILES string of the molecule is CC(C)CNCc1nccn1CC#N. The third-order valence-electron chi connectivity index (χ3n) is 1.88. The lowest BCUT2D eigenvalue weighted by molar-refractivity contribution is 0.534. The summed E-state index contributed by atoms with van der Waals surface area (Å²) in [6.07, 6.45) is 3.55. The first-order valence-electron chi connectivity index (χ1n) is 4.81. The molecule has 0 aliphatic rings. The first-order chi connectivity index (χ1) is 6.74. The maximum absolute atomic E-state index is 8.56. The Morgan fingerprint density at radius 3 is 3.07 bits per heavy atom. The number of imidazole rings is 1. The largest absolute Gasteiger partial charge is 0.320 e. The van der Waals surface area contributed by atoms with Gasteiger partial charge in [0, 0.05) is 12.4 Å². The molecule has 4 heteroatoms. The van der Waals surface area contributed by atoms with Crippen molar-refractivity contribution in [3.8, 4) is 6.07 Å². The van der Waals surface area contributed by atoms with Gasteiger partial charge in [-0.1, -0.05) is 13.8 Å². The Labute approximate surface area is 84.6 Å². The van der Waals surface area contributed by atoms with Crippen molar-refractivity contribution in [3.05, 3.63) is 18.2 Å². The summed E-state index contributed by atoms with van der Waals surface area (Å²) in [5.41, 5.74) is 0. The van der Waals surface area contributed by atoms with Crippen molar-refractivity contribution in [3.63, 3.8) is 0 Å². The predicted molar refractivity (Wildman–Crippen MR) is 54.4 cm³/mol. The number of nitriles is 1. The van der Waals surface area contributed by atoms with E-state index in [1.165, 1.54) is 0 Å². The van der Waals surface area contributed by atoms with Gasteiger partial charge in [0.15, 0.2) is 0 Å². The van der Waals surface area contributed by atoms with Crippen molar-refractivity contribution in [1.29, 1.82) is 5.26 Å². The van der Waals surface area contributed by atoms with Crippen LogP contribution in [0.2, 0.25) is 0 Å². The summed E-state index contributed by atoms with van der Waals surface area (Å²) in [6.45, 7) is 6.40. The van der Waals surface area contributed by atoms with Gasteiger partial charge in [-0.05, 0) is 12.5 Å². The maximum Gasteiger partial charge on any atom is 0.123 e. The standard InChI is InChI=1S/C10H16N4/c1-9(2)7-12-8-10-13-4-6-14(10)5-3-11/h4,6,9,12H,5,7-8H2,1-2H3. The Morgan fingerprint density at radius 1 is 1.64 bits per heavy atom. The van der Waals surface area contributed by atoms with Crippen molar-refractivity contribution in [2.75, 3.05) is 6.54 Å². The molecule has 76 valence electrons. The van der Waals surface area contributed by atoms with E-state index < -0.39 is 0 Å². The van der Waals surface area contributed by atoms with E-state index in [-0.39, 0.29) is 0 Å². The lowest BCUT2D eigenvalue weighted by atomic mass is 10.2. The number of hydrogen-bond acceptors (Lipinski definition) is 3. The van der Waals surface area contributed by atoms with E-state index in [9.17, 15) is 0 Å². The molecule has 0 amide bonds. The second-order valence-corrected chi connectivity index (χ2v) is 3.65. The summed E-state index contributed by atoms with van der Waals surface area (Å²) in [7, 11) is 0. The summed E-state index contributed by atoms with van der Waals surface area (Å²) < 4.78 is 1.85. The van der Waals surface area contributed by atoms with Crippen LogP contribution in [0.1, 0.15) is 19.7 Å². The van der Waals surface area contributed by atoms with Crippen LogP contribution in [-0.2, 0) is 13.1 Å². The van der Waals surface area contributed by atoms with Crippen LogP contribution < -0.4 is 5.32 Å². The zero-order valence-corrected chi connectivity index (χ0v) is 8.70. The molecule has 1 aromatic rings. The molecule has 0 aliphatic carbocycles. The molecule has 1 aromatic heterocycles. The molecule has 14 heavy (non-hydrogen) atoms. The summed E-state index contributed by atoms with van der Waals surface area (Å²) >= 11 is 0. The molecule has 0 spiro atoms. The second kappa shape index (κ2) is 5.40. The Balaban J connectivity index is 2.42. The Morgan fingerprint density at radius 2 is 2.43 bits per heavy atom. The van der Waals surface area contributed by atoms with Gasteiger partial charge in [-0.15, -0.1) is 0 Å². The summed E-state index contributed by atoms with van der Waals surface area (Å²) in [6, 6.07) is 2.10. The molecule has 0 atom stereocenters. The van der Waals surface area contributed by atoms with Gasteiger partial charge >= 0.3 is 0 Å². The highest BCUT2D eigenvalue weighted by Crippen LogP contribution is 1.97. The van der Waals surface area contributed by atoms with Crippen LogP contribution in [0.5, 0.6) is 0 Å². The molecule has 0 radical (unpaired) electrons. The van der Waals surface area contributed by atoms with Gasteiger partial charge in [0.25, 0.3) is 0 Å². The second-order valence-electron chi connectivity index (χ2n) is 3.65. The molecule has 0 saturated heterocycles. The van der Waals surface area contributed by atoms with Crippen LogP contribution in [-0.4, -0.2) is 16.1 Å². The molecule has 0 saturated carbocycles. The minimum absolute atomic E-state index is 0.374. The first-order valence-corrected chi connectivity index (χ1v) is 4.81. The molecule has 4 nitrogen and oxygen atoms in total. The predicted octanol–water partition coefficient (Wildman–Crippen LogP) is 1.15. The first kappa shape index (κ1) is 10.7. The fourth-order valence-electron chi connectivity index (χ4n) is 1.20. The van der Waals surface area contributed by atoms with Crippen molar-refractivity contribution in [1.82, 2.24) is 14.9 Å². The van der Waals surface area contributed by atoms with Crippen LogP contribution in [0.25, 0.3) is 0 Å². The summed E-state index contributed by atoms with van der Waals surface area (Å²) in [4.78, 5) is 4.18. The topological polar surface area (TPSA) is 53.6 Å². The molecule has 0 unspecified atom stereocenters. The van der Waals surface area contributed by atoms with Crippen molar-refractivity contribution >= 4 is 0 Å². The van der Waals surface area contributed by atoms with E-state index in [0.717, 1.165) is 18.9 Å². The lowest BCUT2D eigenvalue weighted by Gasteiger charge is -2.07. The van der Waals surface area contributed by atoms with Gasteiger partial charge in [-0.2, -0.15) is 5.26 Å². The fraction of sp³-hybridized carbons (Fsp3) is 0.600. The van der Waals surface area contributed by atoms with E-state index in [1.54, 1.807) is 6.20 Å². The normalized spacial score (nSPS) is 10.4. The highest BCUT2D eigenvalue weighted by atomic mass is 15.1. The van der Waals surface area contributed by atoms with Gasteiger partial charge in [0.1, 0.15) is 12.4 Å². The zero-order valence-electron chi connectivity index (χ0n) is 8.70. The molecule has 1 N–H and O–H groups in total. The molecular weight excluding hydrogens is 176 g/mol. The molecular formula is C10H16N4. The summed E-state index contributed by atoms with van der Waals surface area (Å²) in [5, 5.41) is 11.9. The summed E-state index contributed by atoms with van der Waals surface area (Å²) in [5.74, 6) is 1.56. The zero-order chi connectivity index (χ0) is 10.4. The van der Waals surface area contributed by atoms with E-state index in [1.807, 2.05) is 10.8 Å². The van der Waals surface area contributed by atoms with E-state index in [2.05, 4.69) is 30.2 Å². The smallest absolute Gasteiger partial charge is 0.123 e. The molecule has 0 bridgehead atoms. The quantitative estimate of drug-likeness (QED) is 0.761. The average Bonchev–Trinajstić information content (AvgIpc) is 2.53. The lowest BCUT2D eigenvalue weighted by Crippen LogP contribution is -2.21. The van der Waals surface area contributed by atoms with Gasteiger partial charge in [0.05, 0.1) is 12.6 Å². The van der Waals surface area contributed by atoms with Gasteiger partial charge in [-0.3, -0.25) is 0 Å². The number of rotatable bonds is 5. The number of nitrogens with one attached hydrogen (secondary N) is 1. The van der Waals surface area contributed by atoms with Gasteiger partial charge in [0.2, 0.25) is 0 Å². The molecule has 0 fully saturated rings. The van der Waals surface area contributed by atoms with Crippen molar-refractivity contribution < 1.29 is 0 Å². The third kappa shape index (κ3) is 3.19. The highest BCUT2D eigenvalue weighted by Gasteiger charge is 2.01. The van der Waals surface area contributed by atoms with E-state index in [4.69, 9.17) is 5.26 Å². The Bertz CT molecular complexity index is 308. The molecule has 0 aromatic carbocycles. The van der Waals surface area contributed by atoms with Crippen molar-refractivity contribution in [2.24, 2.45) is 5.92 Å². The van der Waals surface area contributed by atoms with E-state index in [0.29, 0.717) is 12.5 Å². The average molecular weight is 192 g/mol. The molecule has 1 heterocycles. The minimum Gasteiger partial charge on any atom is -0.320 e.